The van der Waals surface area contributed by atoms with Crippen LogP contribution in [-0.4, -0.2) is 12.3 Å². The largest absolute Gasteiger partial charge is 1.00 e. The molecule has 0 N–H and O–H groups in total. The molecule has 0 fully saturated rings. The number of hydrogen-bond donors (Lipinski definition) is 0. The Balaban J connectivity index is 0.00000208. The Hall–Kier alpha value is -2.29. The van der Waals surface area contributed by atoms with Crippen LogP contribution in [0.15, 0.2) is 84.9 Å². The van der Waals surface area contributed by atoms with Crippen molar-refractivity contribution in [2.75, 3.05) is 7.11 Å². The van der Waals surface area contributed by atoms with Gasteiger partial charge in [0.1, 0.15) is 5.75 Å². The molecule has 0 aromatic heterocycles. The summed E-state index contributed by atoms with van der Waals surface area (Å²) >= 11 is 6.74. The van der Waals surface area contributed by atoms with Crippen LogP contribution >= 0.6 is 11.6 Å². The first-order chi connectivity index (χ1) is 11.3. The van der Waals surface area contributed by atoms with Crippen LogP contribution in [0.25, 0.3) is 0 Å². The van der Waals surface area contributed by atoms with Gasteiger partial charge >= 0.3 is 0 Å². The van der Waals surface area contributed by atoms with E-state index in [0.29, 0.717) is 5.17 Å². The summed E-state index contributed by atoms with van der Waals surface area (Å²) in [5.74, 6) is 0.809. The quantitative estimate of drug-likeness (QED) is 0.515. The molecular weight excluding hydrogens is 341 g/mol. The lowest BCUT2D eigenvalue weighted by atomic mass is 10.2. The molecule has 24 heavy (non-hydrogen) atoms. The van der Waals surface area contributed by atoms with Crippen molar-refractivity contribution in [2.45, 2.75) is 0 Å². The van der Waals surface area contributed by atoms with Gasteiger partial charge < -0.3 is 17.1 Å². The second-order valence-corrected chi connectivity index (χ2v) is 5.38. The summed E-state index contributed by atoms with van der Waals surface area (Å²) in [7, 11) is 1.65. The second kappa shape index (κ2) is 8.53. The number of ether oxygens (including phenoxy) is 1. The number of rotatable bonds is 4. The minimum atomic E-state index is 0. The van der Waals surface area contributed by atoms with Gasteiger partial charge in [-0.05, 0) is 35.9 Å². The van der Waals surface area contributed by atoms with Crippen molar-refractivity contribution in [1.29, 1.82) is 0 Å². The molecule has 0 atom stereocenters. The predicted octanol–water partition coefficient (Wildman–Crippen LogP) is 2.22. The number of halogens is 2. The van der Waals surface area contributed by atoms with E-state index in [1.807, 2.05) is 89.5 Å². The van der Waals surface area contributed by atoms with E-state index in [9.17, 15) is 0 Å². The lowest BCUT2D eigenvalue weighted by molar-refractivity contribution is -0.00000478. The van der Waals surface area contributed by atoms with E-state index in [-0.39, 0.29) is 12.4 Å². The van der Waals surface area contributed by atoms with Crippen LogP contribution in [0.2, 0.25) is 0 Å². The first-order valence-corrected chi connectivity index (χ1v) is 7.74. The first kappa shape index (κ1) is 18.1. The lowest BCUT2D eigenvalue weighted by Crippen LogP contribution is -3.00. The summed E-state index contributed by atoms with van der Waals surface area (Å²) in [6.45, 7) is 0. The standard InChI is InChI=1S/C20H17ClNO.ClH/c1-23-19-14-12-16(13-15-19)20(21)22(17-8-4-2-5-9-17)18-10-6-3-7-11-18;/h2-15H,1H3;1H/q+1;/p-1. The molecular formula is C20H17Cl2NO. The van der Waals surface area contributed by atoms with Gasteiger partial charge in [-0.1, -0.05) is 36.4 Å². The second-order valence-electron chi connectivity index (χ2n) is 5.03. The summed E-state index contributed by atoms with van der Waals surface area (Å²) < 4.78 is 7.24. The van der Waals surface area contributed by atoms with Gasteiger partial charge in [0, 0.05) is 24.3 Å². The molecule has 3 rings (SSSR count). The number of hydrogen-bond acceptors (Lipinski definition) is 1. The van der Waals surface area contributed by atoms with Crippen molar-refractivity contribution in [3.8, 4) is 5.75 Å². The Morgan fingerprint density at radius 3 is 1.62 bits per heavy atom. The molecule has 3 aromatic rings. The van der Waals surface area contributed by atoms with Crippen LogP contribution in [0.3, 0.4) is 0 Å². The van der Waals surface area contributed by atoms with Crippen LogP contribution in [0.5, 0.6) is 5.75 Å². The average Bonchev–Trinajstić information content (AvgIpc) is 2.64. The Labute approximate surface area is 153 Å². The Bertz CT molecular complexity index is 759. The molecule has 0 saturated heterocycles. The van der Waals surface area contributed by atoms with Gasteiger partial charge in [-0.2, -0.15) is 0 Å². The van der Waals surface area contributed by atoms with E-state index >= 15 is 0 Å². The van der Waals surface area contributed by atoms with Crippen LogP contribution in [0.4, 0.5) is 11.4 Å². The van der Waals surface area contributed by atoms with E-state index < -0.39 is 0 Å². The molecule has 0 aliphatic rings. The fourth-order valence-corrected chi connectivity index (χ4v) is 2.71. The third-order valence-electron chi connectivity index (χ3n) is 3.55. The highest BCUT2D eigenvalue weighted by Gasteiger charge is 2.20. The molecule has 122 valence electrons. The topological polar surface area (TPSA) is 12.2 Å². The predicted molar refractivity (Wildman–Crippen MR) is 97.3 cm³/mol. The molecule has 0 aliphatic heterocycles. The number of benzene rings is 3. The number of nitrogens with zero attached hydrogens (tertiary/aromatic N) is 1. The van der Waals surface area contributed by atoms with E-state index in [1.165, 1.54) is 0 Å². The highest BCUT2D eigenvalue weighted by atomic mass is 35.5. The molecule has 0 unspecified atom stereocenters. The molecule has 0 bridgehead atoms. The maximum absolute atomic E-state index is 6.74. The van der Waals surface area contributed by atoms with Crippen molar-refractivity contribution in [2.24, 2.45) is 0 Å². The Kier molecular flexibility index (Phi) is 6.42. The Morgan fingerprint density at radius 1 is 0.750 bits per heavy atom. The van der Waals surface area contributed by atoms with Crippen molar-refractivity contribution in [3.63, 3.8) is 0 Å². The molecule has 0 aliphatic carbocycles. The normalized spacial score (nSPS) is 9.75. The summed E-state index contributed by atoms with van der Waals surface area (Å²) in [6.07, 6.45) is 0. The van der Waals surface area contributed by atoms with Crippen LogP contribution < -0.4 is 21.7 Å². The summed E-state index contributed by atoms with van der Waals surface area (Å²) in [5, 5.41) is 0.644. The molecule has 0 saturated carbocycles. The first-order valence-electron chi connectivity index (χ1n) is 7.36. The van der Waals surface area contributed by atoms with E-state index in [2.05, 4.69) is 0 Å². The smallest absolute Gasteiger partial charge is 0.288 e. The van der Waals surface area contributed by atoms with Crippen molar-refractivity contribution in [1.82, 2.24) is 4.58 Å². The zero-order valence-corrected chi connectivity index (χ0v) is 14.7. The van der Waals surface area contributed by atoms with Gasteiger partial charge in [-0.3, -0.25) is 0 Å². The third-order valence-corrected chi connectivity index (χ3v) is 3.94. The summed E-state index contributed by atoms with van der Waals surface area (Å²) in [6, 6.07) is 27.9. The highest BCUT2D eigenvalue weighted by Crippen LogP contribution is 2.23. The average molecular weight is 358 g/mol. The van der Waals surface area contributed by atoms with Gasteiger partial charge in [0.15, 0.2) is 0 Å². The highest BCUT2D eigenvalue weighted by molar-refractivity contribution is 6.70. The van der Waals surface area contributed by atoms with Crippen LogP contribution in [-0.2, 0) is 0 Å². The minimum Gasteiger partial charge on any atom is -1.00 e. The van der Waals surface area contributed by atoms with Gasteiger partial charge in [0.25, 0.3) is 5.17 Å². The third kappa shape index (κ3) is 3.97. The van der Waals surface area contributed by atoms with Crippen molar-refractivity contribution in [3.05, 3.63) is 90.5 Å². The van der Waals surface area contributed by atoms with Gasteiger partial charge in [-0.15, -0.1) is 4.58 Å². The van der Waals surface area contributed by atoms with Gasteiger partial charge in [0.05, 0.1) is 12.7 Å². The van der Waals surface area contributed by atoms with E-state index in [4.69, 9.17) is 16.3 Å². The monoisotopic (exact) mass is 357 g/mol. The van der Waals surface area contributed by atoms with Crippen molar-refractivity contribution < 1.29 is 17.1 Å². The minimum absolute atomic E-state index is 0. The van der Waals surface area contributed by atoms with Crippen molar-refractivity contribution >= 4 is 28.1 Å². The summed E-state index contributed by atoms with van der Waals surface area (Å²) in [4.78, 5) is 0. The molecule has 4 heteroatoms. The molecule has 0 radical (unpaired) electrons. The van der Waals surface area contributed by atoms with Gasteiger partial charge in [0.2, 0.25) is 11.4 Å². The Morgan fingerprint density at radius 2 is 1.21 bits per heavy atom. The molecule has 0 heterocycles. The zero-order chi connectivity index (χ0) is 16.1. The fourth-order valence-electron chi connectivity index (χ4n) is 2.39. The molecule has 0 spiro atoms. The maximum Gasteiger partial charge on any atom is 0.288 e. The van der Waals surface area contributed by atoms with Crippen LogP contribution in [0.1, 0.15) is 5.56 Å². The summed E-state index contributed by atoms with van der Waals surface area (Å²) in [5.41, 5.74) is 2.96. The maximum atomic E-state index is 6.74. The SMILES string of the molecule is COc1ccc(C(Cl)=[N+](c2ccccc2)c2ccccc2)cc1.[Cl-]. The fraction of sp³-hybridized carbons (Fsp3) is 0.0500. The molecule has 0 amide bonds. The zero-order valence-electron chi connectivity index (χ0n) is 13.2. The number of para-hydroxylation sites is 2. The number of methoxy groups -OCH3 is 1. The molecule has 3 aromatic carbocycles. The van der Waals surface area contributed by atoms with Crippen LogP contribution in [0, 0.1) is 0 Å². The van der Waals surface area contributed by atoms with E-state index in [0.717, 1.165) is 22.7 Å². The molecule has 2 nitrogen and oxygen atoms in total. The van der Waals surface area contributed by atoms with E-state index in [1.54, 1.807) is 7.11 Å². The lowest BCUT2D eigenvalue weighted by Gasteiger charge is -2.06. The van der Waals surface area contributed by atoms with Gasteiger partial charge in [-0.25, -0.2) is 0 Å².